The van der Waals surface area contributed by atoms with E-state index in [0.29, 0.717) is 5.69 Å². The molecule has 0 radical (unpaired) electrons. The summed E-state index contributed by atoms with van der Waals surface area (Å²) in [5.74, 6) is 0. The summed E-state index contributed by atoms with van der Waals surface area (Å²) in [6.45, 7) is 6.54. The lowest BCUT2D eigenvalue weighted by Gasteiger charge is -1.68. The van der Waals surface area contributed by atoms with Crippen LogP contribution >= 0.6 is 15.9 Å². The zero-order valence-corrected chi connectivity index (χ0v) is 5.57. The Morgan fingerprint density at radius 2 is 2.50 bits per heavy atom. The molecule has 0 unspecified atom stereocenters. The number of nitrogens with one attached hydrogen (secondary N) is 1. The topological polar surface area (TPSA) is 20.1 Å². The molecule has 0 saturated carbocycles. The number of rotatable bonds is 0. The number of nitrogens with zero attached hydrogens (tertiary/aromatic N) is 1. The molecule has 1 rings (SSSR count). The van der Waals surface area contributed by atoms with Gasteiger partial charge in [0.05, 0.1) is 11.2 Å². The van der Waals surface area contributed by atoms with Crippen molar-refractivity contribution in [3.05, 3.63) is 28.3 Å². The van der Waals surface area contributed by atoms with Crippen molar-refractivity contribution in [3.8, 4) is 0 Å². The molecule has 0 bridgehead atoms. The first-order chi connectivity index (χ1) is 3.83. The van der Waals surface area contributed by atoms with Crippen molar-refractivity contribution >= 4 is 21.6 Å². The van der Waals surface area contributed by atoms with Crippen molar-refractivity contribution in [2.45, 2.75) is 0 Å². The molecule has 1 aromatic heterocycles. The molecule has 0 aliphatic carbocycles. The first-order valence-corrected chi connectivity index (χ1v) is 2.83. The third-order valence-corrected chi connectivity index (χ3v) is 1.22. The van der Waals surface area contributed by atoms with E-state index in [-0.39, 0.29) is 0 Å². The minimum absolute atomic E-state index is 0.636. The van der Waals surface area contributed by atoms with Crippen molar-refractivity contribution < 1.29 is 0 Å². The van der Waals surface area contributed by atoms with Gasteiger partial charge in [-0.25, -0.2) is 4.85 Å². The van der Waals surface area contributed by atoms with Gasteiger partial charge in [-0.2, -0.15) is 0 Å². The Morgan fingerprint density at radius 3 is 2.75 bits per heavy atom. The van der Waals surface area contributed by atoms with Crippen LogP contribution in [0.25, 0.3) is 4.85 Å². The average molecular weight is 171 g/mol. The highest BCUT2D eigenvalue weighted by atomic mass is 79.9. The van der Waals surface area contributed by atoms with Gasteiger partial charge in [-0.15, -0.1) is 0 Å². The Kier molecular flexibility index (Phi) is 1.36. The fourth-order valence-electron chi connectivity index (χ4n) is 0.421. The molecule has 3 heteroatoms. The summed E-state index contributed by atoms with van der Waals surface area (Å²) in [5, 5.41) is 0. The monoisotopic (exact) mass is 170 g/mol. The molecule has 0 amide bonds. The van der Waals surface area contributed by atoms with Crippen molar-refractivity contribution in [2.24, 2.45) is 0 Å². The van der Waals surface area contributed by atoms with E-state index in [4.69, 9.17) is 6.57 Å². The molecule has 40 valence electrons. The van der Waals surface area contributed by atoms with Crippen LogP contribution in [-0.4, -0.2) is 4.98 Å². The first kappa shape index (κ1) is 5.39. The second-order valence-electron chi connectivity index (χ2n) is 1.32. The minimum Gasteiger partial charge on any atom is -0.367 e. The second-order valence-corrected chi connectivity index (χ2v) is 2.17. The van der Waals surface area contributed by atoms with E-state index in [1.165, 1.54) is 0 Å². The first-order valence-electron chi connectivity index (χ1n) is 2.04. The quantitative estimate of drug-likeness (QED) is 0.578. The fraction of sp³-hybridized carbons (Fsp3) is 0. The Morgan fingerprint density at radius 1 is 1.75 bits per heavy atom. The zero-order valence-electron chi connectivity index (χ0n) is 3.98. The van der Waals surface area contributed by atoms with E-state index in [0.717, 1.165) is 4.60 Å². The molecule has 0 atom stereocenters. The number of hydrogen-bond donors (Lipinski definition) is 1. The standard InChI is InChI=1S/C5H3BrN2/c1-7-4-2-5(6)8-3-4/h2-3,8H. The molecule has 0 saturated heterocycles. The maximum atomic E-state index is 6.54. The van der Waals surface area contributed by atoms with Crippen molar-refractivity contribution in [1.29, 1.82) is 0 Å². The average Bonchev–Trinajstić information content (AvgIpc) is 2.14. The summed E-state index contributed by atoms with van der Waals surface area (Å²) >= 11 is 3.17. The SMILES string of the molecule is [C-]#[N+]c1c[nH]c(Br)c1. The highest BCUT2D eigenvalue weighted by molar-refractivity contribution is 9.10. The number of aromatic nitrogens is 1. The maximum Gasteiger partial charge on any atom is 0.205 e. The summed E-state index contributed by atoms with van der Waals surface area (Å²) in [5.41, 5.74) is 0.636. The van der Waals surface area contributed by atoms with E-state index >= 15 is 0 Å². The van der Waals surface area contributed by atoms with Gasteiger partial charge in [-0.3, -0.25) is 0 Å². The molecule has 2 nitrogen and oxygen atoms in total. The van der Waals surface area contributed by atoms with Crippen LogP contribution in [-0.2, 0) is 0 Å². The van der Waals surface area contributed by atoms with Gasteiger partial charge in [-0.05, 0) is 22.0 Å². The predicted octanol–water partition coefficient (Wildman–Crippen LogP) is 2.33. The van der Waals surface area contributed by atoms with E-state index < -0.39 is 0 Å². The van der Waals surface area contributed by atoms with Crippen LogP contribution in [0.3, 0.4) is 0 Å². The van der Waals surface area contributed by atoms with Gasteiger partial charge in [-0.1, -0.05) is 0 Å². The van der Waals surface area contributed by atoms with Crippen molar-refractivity contribution in [3.63, 3.8) is 0 Å². The maximum absolute atomic E-state index is 6.54. The summed E-state index contributed by atoms with van der Waals surface area (Å²) in [7, 11) is 0. The van der Waals surface area contributed by atoms with Crippen molar-refractivity contribution in [1.82, 2.24) is 4.98 Å². The zero-order chi connectivity index (χ0) is 5.98. The summed E-state index contributed by atoms with van der Waals surface area (Å²) in [4.78, 5) is 6.00. The Bertz CT molecular complexity index is 221. The molecule has 1 aromatic rings. The molecule has 1 heterocycles. The summed E-state index contributed by atoms with van der Waals surface area (Å²) in [6, 6.07) is 1.73. The van der Waals surface area contributed by atoms with Crippen LogP contribution in [0.2, 0.25) is 0 Å². The molecule has 0 aromatic carbocycles. The molecule has 1 N–H and O–H groups in total. The summed E-state index contributed by atoms with van der Waals surface area (Å²) in [6.07, 6.45) is 1.65. The summed E-state index contributed by atoms with van der Waals surface area (Å²) < 4.78 is 0.850. The Balaban J connectivity index is 3.05. The second kappa shape index (κ2) is 2.01. The van der Waals surface area contributed by atoms with Gasteiger partial charge < -0.3 is 4.98 Å². The molecular weight excluding hydrogens is 168 g/mol. The van der Waals surface area contributed by atoms with Gasteiger partial charge in [0, 0.05) is 6.20 Å². The van der Waals surface area contributed by atoms with E-state index in [1.54, 1.807) is 12.3 Å². The highest BCUT2D eigenvalue weighted by Gasteiger charge is 1.90. The van der Waals surface area contributed by atoms with Gasteiger partial charge in [0.25, 0.3) is 0 Å². The van der Waals surface area contributed by atoms with Crippen LogP contribution in [0.15, 0.2) is 16.9 Å². The Hall–Kier alpha value is -0.750. The molecule has 0 aliphatic rings. The largest absolute Gasteiger partial charge is 0.367 e. The smallest absolute Gasteiger partial charge is 0.205 e. The molecule has 0 aliphatic heterocycles. The third-order valence-electron chi connectivity index (χ3n) is 0.762. The van der Waals surface area contributed by atoms with Gasteiger partial charge >= 0.3 is 0 Å². The fourth-order valence-corrected chi connectivity index (χ4v) is 0.770. The molecule has 0 spiro atoms. The van der Waals surface area contributed by atoms with Crippen LogP contribution in [0.1, 0.15) is 0 Å². The minimum atomic E-state index is 0.636. The molecule has 8 heavy (non-hydrogen) atoms. The van der Waals surface area contributed by atoms with Gasteiger partial charge in [0.15, 0.2) is 0 Å². The highest BCUT2D eigenvalue weighted by Crippen LogP contribution is 2.16. The van der Waals surface area contributed by atoms with Crippen LogP contribution in [0, 0.1) is 6.57 Å². The predicted molar refractivity (Wildman–Crippen MR) is 34.8 cm³/mol. The molecular formula is C5H3BrN2. The number of hydrogen-bond acceptors (Lipinski definition) is 0. The number of aromatic amines is 1. The van der Waals surface area contributed by atoms with Crippen LogP contribution < -0.4 is 0 Å². The molecule has 0 fully saturated rings. The van der Waals surface area contributed by atoms with E-state index in [2.05, 4.69) is 25.8 Å². The Labute approximate surface area is 55.5 Å². The number of H-pyrrole nitrogens is 1. The van der Waals surface area contributed by atoms with E-state index in [9.17, 15) is 0 Å². The van der Waals surface area contributed by atoms with Crippen LogP contribution in [0.4, 0.5) is 5.69 Å². The van der Waals surface area contributed by atoms with Crippen molar-refractivity contribution in [2.75, 3.05) is 0 Å². The lowest BCUT2D eigenvalue weighted by atomic mass is 10.6. The lowest BCUT2D eigenvalue weighted by Crippen LogP contribution is -1.50. The number of halogens is 1. The normalized spacial score (nSPS) is 8.50. The third kappa shape index (κ3) is 0.903. The van der Waals surface area contributed by atoms with Crippen LogP contribution in [0.5, 0.6) is 0 Å². The van der Waals surface area contributed by atoms with E-state index in [1.807, 2.05) is 0 Å². The van der Waals surface area contributed by atoms with Gasteiger partial charge in [0.1, 0.15) is 0 Å². The lowest BCUT2D eigenvalue weighted by molar-refractivity contribution is 1.36. The van der Waals surface area contributed by atoms with Gasteiger partial charge in [0.2, 0.25) is 5.69 Å².